The predicted octanol–water partition coefficient (Wildman–Crippen LogP) is 0.927. The number of nitrogens with zero attached hydrogens (tertiary/aromatic N) is 1. The molecular weight excluding hydrogens is 232 g/mol. The normalized spacial score (nSPS) is 24.9. The fourth-order valence-electron chi connectivity index (χ4n) is 2.52. The molecule has 1 fully saturated rings. The molecule has 2 atom stereocenters. The molecule has 0 spiro atoms. The topological polar surface area (TPSA) is 58.6 Å². The fourth-order valence-corrected chi connectivity index (χ4v) is 2.52. The average Bonchev–Trinajstić information content (AvgIpc) is 2.26. The molecule has 104 valence electrons. The van der Waals surface area contributed by atoms with Crippen LogP contribution in [0.1, 0.15) is 40.5 Å². The molecule has 5 heteroatoms. The molecule has 2 amide bonds. The molecule has 1 N–H and O–H groups in total. The first-order chi connectivity index (χ1) is 8.36. The van der Waals surface area contributed by atoms with E-state index in [9.17, 15) is 9.59 Å². The van der Waals surface area contributed by atoms with E-state index in [0.29, 0.717) is 13.0 Å². The van der Waals surface area contributed by atoms with Gasteiger partial charge in [-0.25, -0.2) is 0 Å². The van der Waals surface area contributed by atoms with E-state index in [1.54, 1.807) is 25.9 Å². The summed E-state index contributed by atoms with van der Waals surface area (Å²) in [5, 5.41) is 2.81. The number of carbonyl (C=O) groups excluding carboxylic acids is 2. The molecule has 0 aromatic heterocycles. The van der Waals surface area contributed by atoms with Gasteiger partial charge in [-0.1, -0.05) is 13.3 Å². The molecule has 1 saturated heterocycles. The molecule has 1 aliphatic heterocycles. The summed E-state index contributed by atoms with van der Waals surface area (Å²) in [7, 11) is 1.60. The van der Waals surface area contributed by atoms with Crippen LogP contribution in [0.15, 0.2) is 0 Å². The number of ether oxygens (including phenoxy) is 1. The van der Waals surface area contributed by atoms with Crippen molar-refractivity contribution in [1.29, 1.82) is 0 Å². The molecule has 5 nitrogen and oxygen atoms in total. The van der Waals surface area contributed by atoms with E-state index >= 15 is 0 Å². The average molecular weight is 256 g/mol. The Balaban J connectivity index is 2.99. The third-order valence-corrected chi connectivity index (χ3v) is 3.42. The maximum atomic E-state index is 12.4. The van der Waals surface area contributed by atoms with Gasteiger partial charge >= 0.3 is 0 Å². The van der Waals surface area contributed by atoms with Crippen LogP contribution < -0.4 is 5.32 Å². The van der Waals surface area contributed by atoms with Gasteiger partial charge in [-0.05, 0) is 27.2 Å². The largest absolute Gasteiger partial charge is 0.383 e. The highest BCUT2D eigenvalue weighted by Gasteiger charge is 2.47. The van der Waals surface area contributed by atoms with Crippen LogP contribution in [0.25, 0.3) is 0 Å². The maximum absolute atomic E-state index is 12.4. The van der Waals surface area contributed by atoms with E-state index in [0.717, 1.165) is 6.42 Å². The van der Waals surface area contributed by atoms with Gasteiger partial charge in [-0.2, -0.15) is 0 Å². The summed E-state index contributed by atoms with van der Waals surface area (Å²) >= 11 is 0. The second-order valence-electron chi connectivity index (χ2n) is 5.39. The number of carbonyl (C=O) groups is 2. The Morgan fingerprint density at radius 3 is 2.56 bits per heavy atom. The van der Waals surface area contributed by atoms with Crippen molar-refractivity contribution in [2.24, 2.45) is 0 Å². The minimum Gasteiger partial charge on any atom is -0.383 e. The highest BCUT2D eigenvalue weighted by molar-refractivity contribution is 5.99. The number of piperazine rings is 1. The molecule has 2 unspecified atom stereocenters. The van der Waals surface area contributed by atoms with Crippen molar-refractivity contribution in [3.05, 3.63) is 0 Å². The van der Waals surface area contributed by atoms with E-state index in [1.165, 1.54) is 0 Å². The van der Waals surface area contributed by atoms with Gasteiger partial charge in [-0.3, -0.25) is 9.59 Å². The molecule has 0 radical (unpaired) electrons. The Labute approximate surface area is 109 Å². The summed E-state index contributed by atoms with van der Waals surface area (Å²) in [6, 6.07) is -0.502. The van der Waals surface area contributed by atoms with E-state index in [2.05, 4.69) is 5.32 Å². The van der Waals surface area contributed by atoms with Crippen molar-refractivity contribution < 1.29 is 14.3 Å². The van der Waals surface area contributed by atoms with Crippen LogP contribution in [0.2, 0.25) is 0 Å². The van der Waals surface area contributed by atoms with Gasteiger partial charge in [0.2, 0.25) is 11.8 Å². The number of amides is 2. The lowest BCUT2D eigenvalue weighted by Gasteiger charge is -2.47. The van der Waals surface area contributed by atoms with Crippen molar-refractivity contribution in [3.63, 3.8) is 0 Å². The van der Waals surface area contributed by atoms with Gasteiger partial charge in [0.15, 0.2) is 0 Å². The lowest BCUT2D eigenvalue weighted by Crippen LogP contribution is -2.70. The van der Waals surface area contributed by atoms with Gasteiger partial charge in [0.05, 0.1) is 12.6 Å². The monoisotopic (exact) mass is 256 g/mol. The summed E-state index contributed by atoms with van der Waals surface area (Å²) in [6.45, 7) is 7.89. The number of methoxy groups -OCH3 is 1. The number of nitrogens with one attached hydrogen (secondary N) is 1. The smallest absolute Gasteiger partial charge is 0.246 e. The van der Waals surface area contributed by atoms with E-state index < -0.39 is 11.6 Å². The first-order valence-electron chi connectivity index (χ1n) is 6.49. The second kappa shape index (κ2) is 5.69. The molecule has 0 aromatic rings. The highest BCUT2D eigenvalue weighted by atomic mass is 16.5. The van der Waals surface area contributed by atoms with Crippen LogP contribution in [0.3, 0.4) is 0 Å². The molecule has 1 heterocycles. The number of hydrogen-bond donors (Lipinski definition) is 1. The zero-order chi connectivity index (χ0) is 13.9. The van der Waals surface area contributed by atoms with Crippen LogP contribution in [0.5, 0.6) is 0 Å². The van der Waals surface area contributed by atoms with Crippen LogP contribution in [-0.2, 0) is 14.3 Å². The third kappa shape index (κ3) is 2.66. The van der Waals surface area contributed by atoms with Crippen molar-refractivity contribution in [1.82, 2.24) is 10.2 Å². The third-order valence-electron chi connectivity index (χ3n) is 3.42. The lowest BCUT2D eigenvalue weighted by molar-refractivity contribution is -0.159. The molecular formula is C13H24N2O3. The van der Waals surface area contributed by atoms with Crippen LogP contribution >= 0.6 is 0 Å². The molecule has 0 saturated carbocycles. The van der Waals surface area contributed by atoms with Crippen molar-refractivity contribution in [3.8, 4) is 0 Å². The molecule has 0 bridgehead atoms. The zero-order valence-corrected chi connectivity index (χ0v) is 11.9. The zero-order valence-electron chi connectivity index (χ0n) is 11.9. The van der Waals surface area contributed by atoms with Crippen molar-refractivity contribution in [2.45, 2.75) is 58.2 Å². The van der Waals surface area contributed by atoms with E-state index in [1.807, 2.05) is 13.8 Å². The van der Waals surface area contributed by atoms with Crippen LogP contribution in [0.4, 0.5) is 0 Å². The molecule has 1 rings (SSSR count). The summed E-state index contributed by atoms with van der Waals surface area (Å²) in [5.41, 5.74) is -0.820. The van der Waals surface area contributed by atoms with Gasteiger partial charge in [0.25, 0.3) is 0 Å². The van der Waals surface area contributed by atoms with Gasteiger partial charge < -0.3 is 15.0 Å². The lowest BCUT2D eigenvalue weighted by atomic mass is 9.92. The molecule has 18 heavy (non-hydrogen) atoms. The highest BCUT2D eigenvalue weighted by Crippen LogP contribution is 2.25. The summed E-state index contributed by atoms with van der Waals surface area (Å²) in [6.07, 6.45) is 1.54. The molecule has 0 aliphatic carbocycles. The quantitative estimate of drug-likeness (QED) is 0.796. The first-order valence-corrected chi connectivity index (χ1v) is 6.49. The van der Waals surface area contributed by atoms with Crippen LogP contribution in [-0.4, -0.2) is 48.1 Å². The second-order valence-corrected chi connectivity index (χ2v) is 5.39. The molecule has 0 aromatic carbocycles. The standard InChI is InChI=1S/C13H24N2O3/c1-6-7-10-11(16)15(9(2)8-18-5)13(3,4)12(17)14-10/h9-10H,6-8H2,1-5H3,(H,14,17). The van der Waals surface area contributed by atoms with E-state index in [4.69, 9.17) is 4.74 Å². The first kappa shape index (κ1) is 15.0. The van der Waals surface area contributed by atoms with E-state index in [-0.39, 0.29) is 17.9 Å². The maximum Gasteiger partial charge on any atom is 0.246 e. The molecule has 1 aliphatic rings. The van der Waals surface area contributed by atoms with Crippen molar-refractivity contribution >= 4 is 11.8 Å². The van der Waals surface area contributed by atoms with Crippen molar-refractivity contribution in [2.75, 3.05) is 13.7 Å². The predicted molar refractivity (Wildman–Crippen MR) is 69.1 cm³/mol. The van der Waals surface area contributed by atoms with Gasteiger partial charge in [-0.15, -0.1) is 0 Å². The number of hydrogen-bond acceptors (Lipinski definition) is 3. The summed E-state index contributed by atoms with van der Waals surface area (Å²) < 4.78 is 5.10. The summed E-state index contributed by atoms with van der Waals surface area (Å²) in [5.74, 6) is -0.102. The minimum absolute atomic E-state index is 0.00833. The van der Waals surface area contributed by atoms with Gasteiger partial charge in [0, 0.05) is 7.11 Å². The van der Waals surface area contributed by atoms with Crippen LogP contribution in [0, 0.1) is 0 Å². The Kier molecular flexibility index (Phi) is 4.73. The van der Waals surface area contributed by atoms with Gasteiger partial charge in [0.1, 0.15) is 11.6 Å². The fraction of sp³-hybridized carbons (Fsp3) is 0.846. The Hall–Kier alpha value is -1.10. The summed E-state index contributed by atoms with van der Waals surface area (Å²) in [4.78, 5) is 26.2. The number of rotatable bonds is 5. The SMILES string of the molecule is CCCC1NC(=O)C(C)(C)N(C(C)COC)C1=O. The Morgan fingerprint density at radius 2 is 2.06 bits per heavy atom. The minimum atomic E-state index is -0.820. The Morgan fingerprint density at radius 1 is 1.44 bits per heavy atom. The Bertz CT molecular complexity index is 328.